The third-order valence-corrected chi connectivity index (χ3v) is 20.3. The van der Waals surface area contributed by atoms with Gasteiger partial charge in [-0.15, -0.1) is 0 Å². The Kier molecular flexibility index (Phi) is 9.59. The molecule has 2 aliphatic rings. The van der Waals surface area contributed by atoms with Crippen LogP contribution in [-0.4, -0.2) is 25.0 Å². The molecule has 4 aromatic heterocycles. The van der Waals surface area contributed by atoms with E-state index in [1.165, 1.54) is 0 Å². The highest BCUT2D eigenvalue weighted by atomic mass is 15.2. The van der Waals surface area contributed by atoms with E-state index in [2.05, 4.69) is 259 Å². The van der Waals surface area contributed by atoms with Crippen molar-refractivity contribution >= 4 is 144 Å². The summed E-state index contributed by atoms with van der Waals surface area (Å²) in [5, 5.41) is 8.81. The lowest BCUT2D eigenvalue weighted by molar-refractivity contribution is 1.13. The summed E-state index contributed by atoms with van der Waals surface area (Å²) in [6.07, 6.45) is 0. The second-order valence-electron chi connectivity index (χ2n) is 25.1. The maximum Gasteiger partial charge on any atom is 0.252 e. The predicted molar refractivity (Wildman–Crippen MR) is 409 cm³/mol. The molecule has 0 radical (unpaired) electrons. The fourth-order valence-electron chi connectivity index (χ4n) is 16.5. The topological polar surface area (TPSA) is 26.2 Å². The molecule has 2 aliphatic heterocycles. The van der Waals surface area contributed by atoms with Crippen molar-refractivity contribution in [2.75, 3.05) is 9.80 Å². The zero-order valence-electron chi connectivity index (χ0n) is 61.9. The normalized spacial score (nSPS) is 14.1. The van der Waals surface area contributed by atoms with Gasteiger partial charge in [-0.1, -0.05) is 236 Å². The molecule has 0 unspecified atom stereocenters. The molecule has 0 spiro atoms. The van der Waals surface area contributed by atoms with Gasteiger partial charge in [-0.2, -0.15) is 0 Å². The molecule has 0 fully saturated rings. The molecule has 97 heavy (non-hydrogen) atoms. The zero-order valence-corrected chi connectivity index (χ0v) is 51.9. The van der Waals surface area contributed by atoms with Crippen molar-refractivity contribution in [3.63, 3.8) is 0 Å². The molecule has 7 heteroatoms. The molecule has 0 saturated heterocycles. The predicted octanol–water partition coefficient (Wildman–Crippen LogP) is 21.5. The Morgan fingerprint density at radius 3 is 0.928 bits per heavy atom. The average Bonchev–Trinajstić information content (AvgIpc) is 0.852. The van der Waals surface area contributed by atoms with E-state index in [4.69, 9.17) is 8.22 Å². The lowest BCUT2D eigenvalue weighted by Gasteiger charge is -2.45. The Hall–Kier alpha value is -12.8. The summed E-state index contributed by atoms with van der Waals surface area (Å²) in [5.41, 5.74) is 19.7. The van der Waals surface area contributed by atoms with Crippen LogP contribution in [0.1, 0.15) is 13.7 Å². The van der Waals surface area contributed by atoms with Crippen LogP contribution in [-0.2, 0) is 0 Å². The Bertz CT molecular complexity index is 6570. The molecule has 15 aromatic carbocycles. The van der Waals surface area contributed by atoms with Crippen molar-refractivity contribution in [3.8, 4) is 45.0 Å². The first-order chi connectivity index (χ1) is 52.4. The number of anilines is 6. The number of hydrogen-bond donors (Lipinski definition) is 0. The van der Waals surface area contributed by atoms with Crippen LogP contribution in [0, 0.1) is 0 Å². The first-order valence-corrected chi connectivity index (χ1v) is 32.7. The summed E-state index contributed by atoms with van der Waals surface area (Å²) in [5.74, 6) is 0. The molecule has 6 heterocycles. The van der Waals surface area contributed by atoms with Gasteiger partial charge >= 0.3 is 0 Å². The Balaban J connectivity index is 0.901. The van der Waals surface area contributed by atoms with Gasteiger partial charge < -0.3 is 28.1 Å². The highest BCUT2D eigenvalue weighted by molar-refractivity contribution is 7.00. The van der Waals surface area contributed by atoms with Crippen LogP contribution in [0.5, 0.6) is 0 Å². The van der Waals surface area contributed by atoms with Crippen LogP contribution in [0.25, 0.3) is 132 Å². The van der Waals surface area contributed by atoms with E-state index in [9.17, 15) is 5.48 Å². The van der Waals surface area contributed by atoms with Crippen LogP contribution < -0.4 is 26.2 Å². The SMILES string of the molecule is [2H]c1c([2H])c([2H])c(-c2ccccc2N2c3ccc(-n4c5ccccc5c5cccc(-n6c7ccccc7c7ccccc76)c54)cc3B3c4cc(-n5c6ccccc6c6cccc(-n7c8ccccc8c8ccccc87)c65)ccc4N(c4ccccc4-c4c([2H])c([2H])c([2H])c([2H])c4[2H])c4cccc2c43)c([2H])c1[2H]. The highest BCUT2D eigenvalue weighted by Crippen LogP contribution is 2.50. The standard InChI is InChI=1S/C90H57BN6/c1-3-26-58(27-4-1)62-30-7-15-40-74(62)96-82-54-52-60(92-76-42-17-13-36-68(76)70-38-23-50-86(89(70)92)94-78-44-19-9-32-64(78)65-33-10-20-45-79(65)94)56-72(82)91-73-57-61(53-55-83(73)97(85-49-25-48-84(96)88(85)91)75-41-16-8-31-63(75)59-28-5-2-6-29-59)93-77-43-18-14-37-69(77)71-39-24-51-87(90(71)93)95-80-46-21-11-34-66(80)67-35-12-22-47-81(67)95/h1-57H/i1D,2D,3D,4D,5D,6D,26D,27D,28D,29D. The van der Waals surface area contributed by atoms with Crippen molar-refractivity contribution in [3.05, 3.63) is 346 Å². The van der Waals surface area contributed by atoms with Gasteiger partial charge in [0.1, 0.15) is 0 Å². The molecule has 0 saturated carbocycles. The fourth-order valence-corrected chi connectivity index (χ4v) is 16.5. The van der Waals surface area contributed by atoms with Crippen molar-refractivity contribution in [2.24, 2.45) is 0 Å². The van der Waals surface area contributed by atoms with E-state index in [1.54, 1.807) is 0 Å². The summed E-state index contributed by atoms with van der Waals surface area (Å²) in [7, 11) is 0. The van der Waals surface area contributed by atoms with Crippen molar-refractivity contribution in [1.82, 2.24) is 18.3 Å². The number of benzene rings is 15. The summed E-state index contributed by atoms with van der Waals surface area (Å²) < 4.78 is 102. The van der Waals surface area contributed by atoms with Crippen LogP contribution >= 0.6 is 0 Å². The minimum atomic E-state index is -0.603. The van der Waals surface area contributed by atoms with Crippen LogP contribution in [0.4, 0.5) is 34.1 Å². The lowest BCUT2D eigenvalue weighted by atomic mass is 9.33. The summed E-state index contributed by atoms with van der Waals surface area (Å²) in [4.78, 5) is 4.36. The first-order valence-electron chi connectivity index (χ1n) is 37.7. The van der Waals surface area contributed by atoms with E-state index >= 15 is 0 Å². The van der Waals surface area contributed by atoms with Gasteiger partial charge in [0.25, 0.3) is 6.71 Å². The molecule has 0 bridgehead atoms. The highest BCUT2D eigenvalue weighted by Gasteiger charge is 2.45. The molecular formula is C90H57BN6. The van der Waals surface area contributed by atoms with Crippen molar-refractivity contribution < 1.29 is 13.7 Å². The van der Waals surface area contributed by atoms with Gasteiger partial charge in [0.05, 0.1) is 80.6 Å². The summed E-state index contributed by atoms with van der Waals surface area (Å²) in [6.45, 7) is -0.603. The molecular weight excluding hydrogens is 1180 g/mol. The van der Waals surface area contributed by atoms with Crippen LogP contribution in [0.2, 0.25) is 0 Å². The van der Waals surface area contributed by atoms with Crippen LogP contribution in [0.15, 0.2) is 346 Å². The van der Waals surface area contributed by atoms with Gasteiger partial charge in [0, 0.05) is 88.3 Å². The zero-order chi connectivity index (χ0) is 72.1. The van der Waals surface area contributed by atoms with Gasteiger partial charge in [-0.05, 0) is 137 Å². The first kappa shape index (κ1) is 44.7. The van der Waals surface area contributed by atoms with Gasteiger partial charge in [-0.25, -0.2) is 0 Å². The summed E-state index contributed by atoms with van der Waals surface area (Å²) in [6, 6.07) is 95.1. The maximum atomic E-state index is 9.58. The van der Waals surface area contributed by atoms with Gasteiger partial charge in [0.15, 0.2) is 0 Å². The largest absolute Gasteiger partial charge is 0.311 e. The van der Waals surface area contributed by atoms with E-state index in [1.807, 2.05) is 54.6 Å². The fraction of sp³-hybridized carbons (Fsp3) is 0. The Labute approximate surface area is 574 Å². The van der Waals surface area contributed by atoms with Crippen LogP contribution in [0.3, 0.4) is 0 Å². The molecule has 19 aromatic rings. The average molecular weight is 1240 g/mol. The minimum Gasteiger partial charge on any atom is -0.311 e. The minimum absolute atomic E-state index is 0.0511. The smallest absolute Gasteiger partial charge is 0.252 e. The van der Waals surface area contributed by atoms with Gasteiger partial charge in [-0.3, -0.25) is 0 Å². The Morgan fingerprint density at radius 1 is 0.237 bits per heavy atom. The molecule has 0 atom stereocenters. The lowest BCUT2D eigenvalue weighted by Crippen LogP contribution is -2.61. The number of fused-ring (bicyclic) bond motifs is 16. The quantitative estimate of drug-likeness (QED) is 0.142. The number of nitrogens with zero attached hydrogens (tertiary/aromatic N) is 6. The molecule has 450 valence electrons. The maximum absolute atomic E-state index is 9.58. The number of aromatic nitrogens is 4. The molecule has 0 amide bonds. The summed E-state index contributed by atoms with van der Waals surface area (Å²) >= 11 is 0. The van der Waals surface area contributed by atoms with E-state index in [0.29, 0.717) is 22.5 Å². The van der Waals surface area contributed by atoms with E-state index < -0.39 is 43.0 Å². The number of hydrogen-bond acceptors (Lipinski definition) is 2. The Morgan fingerprint density at radius 2 is 0.536 bits per heavy atom. The third kappa shape index (κ3) is 7.68. The second kappa shape index (κ2) is 20.8. The second-order valence-corrected chi connectivity index (χ2v) is 25.1. The van der Waals surface area contributed by atoms with Gasteiger partial charge in [0.2, 0.25) is 0 Å². The number of para-hydroxylation sites is 10. The van der Waals surface area contributed by atoms with E-state index in [0.717, 1.165) is 149 Å². The number of rotatable bonds is 8. The third-order valence-electron chi connectivity index (χ3n) is 20.3. The van der Waals surface area contributed by atoms with Crippen molar-refractivity contribution in [2.45, 2.75) is 0 Å². The molecule has 21 rings (SSSR count). The molecule has 6 nitrogen and oxygen atoms in total. The van der Waals surface area contributed by atoms with E-state index in [-0.39, 0.29) is 35.3 Å². The van der Waals surface area contributed by atoms with Crippen molar-refractivity contribution in [1.29, 1.82) is 0 Å². The molecule has 0 N–H and O–H groups in total. The molecule has 0 aliphatic carbocycles. The monoisotopic (exact) mass is 1240 g/mol.